The summed E-state index contributed by atoms with van der Waals surface area (Å²) in [6, 6.07) is 1.61. The summed E-state index contributed by atoms with van der Waals surface area (Å²) in [6.07, 6.45) is 7.61. The minimum atomic E-state index is -0.466. The first-order chi connectivity index (χ1) is 8.68. The van der Waals surface area contributed by atoms with Gasteiger partial charge >= 0.3 is 0 Å². The molecule has 1 aromatic heterocycles. The first kappa shape index (κ1) is 12.7. The van der Waals surface area contributed by atoms with E-state index in [1.54, 1.807) is 12.3 Å². The van der Waals surface area contributed by atoms with Gasteiger partial charge in [0.05, 0.1) is 17.4 Å². The molecule has 2 rings (SSSR count). The number of hydrogen-bond donors (Lipinski definition) is 2. The topological polar surface area (TPSA) is 85.2 Å². The van der Waals surface area contributed by atoms with Crippen molar-refractivity contribution in [1.29, 1.82) is 0 Å². The minimum Gasteiger partial charge on any atom is -0.397 e. The number of pyridine rings is 1. The fourth-order valence-corrected chi connectivity index (χ4v) is 2.37. The average molecular weight is 248 g/mol. The molecule has 0 bridgehead atoms. The second-order valence-corrected chi connectivity index (χ2v) is 4.76. The van der Waals surface area contributed by atoms with Crippen LogP contribution in [0.2, 0.25) is 0 Å². The monoisotopic (exact) mass is 248 g/mol. The molecule has 98 valence electrons. The number of nitrogens with zero attached hydrogens (tertiary/aromatic N) is 2. The van der Waals surface area contributed by atoms with Gasteiger partial charge in [0.15, 0.2) is 0 Å². The molecule has 1 amide bonds. The first-order valence-corrected chi connectivity index (χ1v) is 6.49. The summed E-state index contributed by atoms with van der Waals surface area (Å²) in [6.45, 7) is 1.86. The van der Waals surface area contributed by atoms with E-state index in [2.05, 4.69) is 9.88 Å². The van der Waals surface area contributed by atoms with E-state index >= 15 is 0 Å². The Bertz CT molecular complexity index is 425. The maximum atomic E-state index is 11.5. The van der Waals surface area contributed by atoms with Crippen LogP contribution in [0.3, 0.4) is 0 Å². The molecular weight excluding hydrogens is 228 g/mol. The molecule has 0 saturated carbocycles. The van der Waals surface area contributed by atoms with Crippen molar-refractivity contribution in [3.05, 3.63) is 17.8 Å². The van der Waals surface area contributed by atoms with Gasteiger partial charge in [-0.05, 0) is 18.9 Å². The molecule has 0 radical (unpaired) electrons. The molecule has 4 N–H and O–H groups in total. The Labute approximate surface area is 107 Å². The van der Waals surface area contributed by atoms with Crippen LogP contribution in [-0.4, -0.2) is 24.0 Å². The molecule has 1 saturated heterocycles. The minimum absolute atomic E-state index is 0.426. The van der Waals surface area contributed by atoms with E-state index in [-0.39, 0.29) is 0 Å². The van der Waals surface area contributed by atoms with Crippen molar-refractivity contribution in [3.8, 4) is 0 Å². The summed E-state index contributed by atoms with van der Waals surface area (Å²) >= 11 is 0. The van der Waals surface area contributed by atoms with Crippen molar-refractivity contribution in [2.75, 3.05) is 23.7 Å². The lowest BCUT2D eigenvalue weighted by Gasteiger charge is -2.27. The number of aromatic nitrogens is 1. The number of nitrogens with two attached hydrogens (primary N) is 2. The van der Waals surface area contributed by atoms with E-state index < -0.39 is 5.91 Å². The molecule has 0 aromatic carbocycles. The molecule has 0 unspecified atom stereocenters. The highest BCUT2D eigenvalue weighted by atomic mass is 16.1. The van der Waals surface area contributed by atoms with Gasteiger partial charge in [0, 0.05) is 13.1 Å². The van der Waals surface area contributed by atoms with E-state index in [0.29, 0.717) is 17.1 Å². The van der Waals surface area contributed by atoms with E-state index in [9.17, 15) is 4.79 Å². The molecule has 1 aliphatic heterocycles. The zero-order valence-electron chi connectivity index (χ0n) is 10.6. The van der Waals surface area contributed by atoms with Gasteiger partial charge in [0.2, 0.25) is 0 Å². The Morgan fingerprint density at radius 1 is 1.17 bits per heavy atom. The molecule has 0 atom stereocenters. The summed E-state index contributed by atoms with van der Waals surface area (Å²) in [5.41, 5.74) is 12.0. The molecule has 5 nitrogen and oxygen atoms in total. The van der Waals surface area contributed by atoms with Crippen LogP contribution in [0.4, 0.5) is 11.5 Å². The van der Waals surface area contributed by atoms with Crippen LogP contribution in [0, 0.1) is 0 Å². The fourth-order valence-electron chi connectivity index (χ4n) is 2.37. The third-order valence-electron chi connectivity index (χ3n) is 3.31. The predicted molar refractivity (Wildman–Crippen MR) is 72.5 cm³/mol. The maximum absolute atomic E-state index is 11.5. The fraction of sp³-hybridized carbons (Fsp3) is 0.538. The molecule has 5 heteroatoms. The van der Waals surface area contributed by atoms with E-state index in [4.69, 9.17) is 11.5 Å². The normalized spacial score (nSPS) is 17.0. The van der Waals surface area contributed by atoms with Gasteiger partial charge in [-0.1, -0.05) is 19.3 Å². The predicted octanol–water partition coefficient (Wildman–Crippen LogP) is 1.53. The number of carbonyl (C=O) groups excluding carboxylic acids is 1. The third kappa shape index (κ3) is 2.91. The van der Waals surface area contributed by atoms with Crippen molar-refractivity contribution in [3.63, 3.8) is 0 Å². The maximum Gasteiger partial charge on any atom is 0.252 e. The largest absolute Gasteiger partial charge is 0.397 e. The number of rotatable bonds is 2. The highest BCUT2D eigenvalue weighted by Crippen LogP contribution is 2.22. The molecule has 0 spiro atoms. The van der Waals surface area contributed by atoms with Gasteiger partial charge in [-0.25, -0.2) is 4.98 Å². The van der Waals surface area contributed by atoms with Crippen LogP contribution in [0.5, 0.6) is 0 Å². The van der Waals surface area contributed by atoms with Crippen LogP contribution in [0.15, 0.2) is 12.3 Å². The van der Waals surface area contributed by atoms with Crippen molar-refractivity contribution >= 4 is 17.4 Å². The van der Waals surface area contributed by atoms with Crippen LogP contribution in [0.25, 0.3) is 0 Å². The highest BCUT2D eigenvalue weighted by Gasteiger charge is 2.17. The lowest BCUT2D eigenvalue weighted by Crippen LogP contribution is -2.30. The molecule has 1 fully saturated rings. The molecule has 1 aliphatic rings. The van der Waals surface area contributed by atoms with E-state index in [1.165, 1.54) is 19.3 Å². The summed E-state index contributed by atoms with van der Waals surface area (Å²) < 4.78 is 0. The van der Waals surface area contributed by atoms with Crippen LogP contribution in [0.1, 0.15) is 42.5 Å². The quantitative estimate of drug-likeness (QED) is 0.831. The zero-order valence-corrected chi connectivity index (χ0v) is 10.6. The number of nitrogen functional groups attached to an aromatic ring is 1. The van der Waals surface area contributed by atoms with Gasteiger partial charge < -0.3 is 16.4 Å². The van der Waals surface area contributed by atoms with Gasteiger partial charge in [0.25, 0.3) is 5.91 Å². The van der Waals surface area contributed by atoms with Crippen LogP contribution < -0.4 is 16.4 Å². The van der Waals surface area contributed by atoms with Gasteiger partial charge in [-0.3, -0.25) is 4.79 Å². The zero-order chi connectivity index (χ0) is 13.0. The second-order valence-electron chi connectivity index (χ2n) is 4.76. The van der Waals surface area contributed by atoms with Crippen molar-refractivity contribution in [1.82, 2.24) is 4.98 Å². The summed E-state index contributed by atoms with van der Waals surface area (Å²) in [7, 11) is 0. The van der Waals surface area contributed by atoms with Crippen LogP contribution in [-0.2, 0) is 0 Å². The Hall–Kier alpha value is -1.78. The summed E-state index contributed by atoms with van der Waals surface area (Å²) in [5, 5.41) is 0. The lowest BCUT2D eigenvalue weighted by molar-refractivity contribution is 0.100. The lowest BCUT2D eigenvalue weighted by atomic mass is 10.1. The van der Waals surface area contributed by atoms with Crippen LogP contribution >= 0.6 is 0 Å². The average Bonchev–Trinajstić information content (AvgIpc) is 2.29. The Kier molecular flexibility index (Phi) is 4.02. The standard InChI is InChI=1S/C13H20N4O/c14-10-8-11(12(15)18)13(16-9-10)17-6-4-2-1-3-5-7-17/h8-9H,1-7,14H2,(H2,15,18). The third-order valence-corrected chi connectivity index (χ3v) is 3.31. The number of carbonyl (C=O) groups is 1. The van der Waals surface area contributed by atoms with Gasteiger partial charge in [0.1, 0.15) is 5.82 Å². The number of hydrogen-bond acceptors (Lipinski definition) is 4. The Morgan fingerprint density at radius 2 is 1.78 bits per heavy atom. The number of anilines is 2. The van der Waals surface area contributed by atoms with Gasteiger partial charge in [-0.2, -0.15) is 0 Å². The number of amides is 1. The van der Waals surface area contributed by atoms with Gasteiger partial charge in [-0.15, -0.1) is 0 Å². The Balaban J connectivity index is 2.27. The van der Waals surface area contributed by atoms with Crippen molar-refractivity contribution < 1.29 is 4.79 Å². The smallest absolute Gasteiger partial charge is 0.252 e. The SMILES string of the molecule is NC(=O)c1cc(N)cnc1N1CCCCCCC1. The van der Waals surface area contributed by atoms with Crippen molar-refractivity contribution in [2.45, 2.75) is 32.1 Å². The molecule has 0 aliphatic carbocycles. The molecular formula is C13H20N4O. The second kappa shape index (κ2) is 5.71. The highest BCUT2D eigenvalue weighted by molar-refractivity contribution is 5.98. The molecule has 1 aromatic rings. The van der Waals surface area contributed by atoms with E-state index in [1.807, 2.05) is 0 Å². The Morgan fingerprint density at radius 3 is 2.39 bits per heavy atom. The van der Waals surface area contributed by atoms with E-state index in [0.717, 1.165) is 25.9 Å². The molecule has 2 heterocycles. The number of primary amides is 1. The molecule has 18 heavy (non-hydrogen) atoms. The van der Waals surface area contributed by atoms with Crippen molar-refractivity contribution in [2.24, 2.45) is 5.73 Å². The summed E-state index contributed by atoms with van der Waals surface area (Å²) in [5.74, 6) is 0.213. The summed E-state index contributed by atoms with van der Waals surface area (Å²) in [4.78, 5) is 17.9. The first-order valence-electron chi connectivity index (χ1n) is 6.49.